The molecule has 0 aliphatic carbocycles. The Morgan fingerprint density at radius 3 is 2.55 bits per heavy atom. The number of aromatic nitrogens is 2. The van der Waals surface area contributed by atoms with Gasteiger partial charge in [0, 0.05) is 52.1 Å². The van der Waals surface area contributed by atoms with Gasteiger partial charge < -0.3 is 14.7 Å². The van der Waals surface area contributed by atoms with E-state index in [9.17, 15) is 14.4 Å². The van der Waals surface area contributed by atoms with Gasteiger partial charge in [0.15, 0.2) is 5.82 Å². The van der Waals surface area contributed by atoms with E-state index < -0.39 is 6.03 Å². The van der Waals surface area contributed by atoms with Crippen LogP contribution in [0.3, 0.4) is 0 Å². The first kappa shape index (κ1) is 19.3. The summed E-state index contributed by atoms with van der Waals surface area (Å²) in [5.74, 6) is 0.570. The molecule has 2 aliphatic rings. The summed E-state index contributed by atoms with van der Waals surface area (Å²) in [6.07, 6.45) is 0.543. The van der Waals surface area contributed by atoms with Crippen LogP contribution in [-0.4, -0.2) is 77.1 Å². The average molecular weight is 414 g/mol. The van der Waals surface area contributed by atoms with Crippen LogP contribution in [0.25, 0.3) is 10.6 Å². The number of thiophene rings is 1. The van der Waals surface area contributed by atoms with Crippen molar-refractivity contribution >= 4 is 35.0 Å². The van der Waals surface area contributed by atoms with Crippen molar-refractivity contribution in [2.24, 2.45) is 0 Å². The van der Waals surface area contributed by atoms with Gasteiger partial charge in [0.25, 0.3) is 0 Å². The minimum Gasteiger partial charge on any atom is -0.352 e. The SMILES string of the molecule is O=C1CCN(CCC(=O)N2CCN(c3ccc(-c4cccs4)nn3)CC2)C(=O)N1. The highest BCUT2D eigenvalue weighted by Crippen LogP contribution is 2.23. The van der Waals surface area contributed by atoms with Crippen LogP contribution in [-0.2, 0) is 9.59 Å². The molecule has 29 heavy (non-hydrogen) atoms. The fourth-order valence-corrected chi connectivity index (χ4v) is 4.13. The second kappa shape index (κ2) is 8.56. The molecule has 0 bridgehead atoms. The summed E-state index contributed by atoms with van der Waals surface area (Å²) in [4.78, 5) is 42.0. The largest absolute Gasteiger partial charge is 0.352 e. The van der Waals surface area contributed by atoms with E-state index in [0.29, 0.717) is 39.3 Å². The van der Waals surface area contributed by atoms with E-state index in [1.165, 1.54) is 4.90 Å². The van der Waals surface area contributed by atoms with Gasteiger partial charge in [-0.3, -0.25) is 14.9 Å². The summed E-state index contributed by atoms with van der Waals surface area (Å²) < 4.78 is 0. The molecular weight excluding hydrogens is 392 g/mol. The predicted octanol–water partition coefficient (Wildman–Crippen LogP) is 1.19. The minimum absolute atomic E-state index is 0.0217. The molecular formula is C19H22N6O3S. The molecule has 0 unspecified atom stereocenters. The van der Waals surface area contributed by atoms with Gasteiger partial charge in [-0.15, -0.1) is 21.5 Å². The molecule has 152 valence electrons. The molecule has 0 saturated carbocycles. The predicted molar refractivity (Wildman–Crippen MR) is 108 cm³/mol. The molecule has 1 N–H and O–H groups in total. The molecule has 4 amide bonds. The number of rotatable bonds is 5. The van der Waals surface area contributed by atoms with E-state index in [0.717, 1.165) is 16.4 Å². The zero-order valence-electron chi connectivity index (χ0n) is 15.9. The quantitative estimate of drug-likeness (QED) is 0.789. The van der Waals surface area contributed by atoms with E-state index >= 15 is 0 Å². The van der Waals surface area contributed by atoms with Crippen LogP contribution in [0.4, 0.5) is 10.6 Å². The molecule has 4 rings (SSSR count). The number of imide groups is 1. The normalized spacial score (nSPS) is 17.4. The maximum atomic E-state index is 12.5. The van der Waals surface area contributed by atoms with Crippen LogP contribution in [0.5, 0.6) is 0 Å². The highest BCUT2D eigenvalue weighted by Gasteiger charge is 2.26. The van der Waals surface area contributed by atoms with Crippen LogP contribution in [0.1, 0.15) is 12.8 Å². The number of hydrogen-bond donors (Lipinski definition) is 1. The van der Waals surface area contributed by atoms with Crippen molar-refractivity contribution in [1.82, 2.24) is 25.3 Å². The summed E-state index contributed by atoms with van der Waals surface area (Å²) in [6, 6.07) is 7.53. The second-order valence-electron chi connectivity index (χ2n) is 6.96. The van der Waals surface area contributed by atoms with Crippen LogP contribution in [0, 0.1) is 0 Å². The smallest absolute Gasteiger partial charge is 0.324 e. The summed E-state index contributed by atoms with van der Waals surface area (Å²) in [5, 5.41) is 12.9. The number of urea groups is 1. The Bertz CT molecular complexity index is 878. The summed E-state index contributed by atoms with van der Waals surface area (Å²) in [5.41, 5.74) is 0.862. The molecule has 9 nitrogen and oxygen atoms in total. The Morgan fingerprint density at radius 1 is 1.07 bits per heavy atom. The lowest BCUT2D eigenvalue weighted by Crippen LogP contribution is -2.52. The molecule has 2 aliphatic heterocycles. The molecule has 0 atom stereocenters. The summed E-state index contributed by atoms with van der Waals surface area (Å²) in [7, 11) is 0. The van der Waals surface area contributed by atoms with Crippen LogP contribution >= 0.6 is 11.3 Å². The second-order valence-corrected chi connectivity index (χ2v) is 7.91. The molecule has 2 aromatic rings. The molecule has 2 fully saturated rings. The van der Waals surface area contributed by atoms with Crippen LogP contribution < -0.4 is 10.2 Å². The van der Waals surface area contributed by atoms with Crippen LogP contribution in [0.15, 0.2) is 29.6 Å². The average Bonchev–Trinajstić information content (AvgIpc) is 3.28. The maximum Gasteiger partial charge on any atom is 0.324 e. The van der Waals surface area contributed by atoms with Gasteiger partial charge in [-0.25, -0.2) is 4.79 Å². The van der Waals surface area contributed by atoms with E-state index in [1.807, 2.05) is 34.5 Å². The standard InChI is InChI=1S/C19H22N6O3S/c26-17-5-7-25(19(28)20-17)8-6-18(27)24-11-9-23(10-12-24)16-4-3-14(21-22-16)15-2-1-13-29-15/h1-4,13H,5-12H2,(H,20,26,28). The molecule has 10 heteroatoms. The van der Waals surface area contributed by atoms with Gasteiger partial charge in [0.1, 0.15) is 5.69 Å². The van der Waals surface area contributed by atoms with Crippen LogP contribution in [0.2, 0.25) is 0 Å². The van der Waals surface area contributed by atoms with Gasteiger partial charge >= 0.3 is 6.03 Å². The first-order valence-corrected chi connectivity index (χ1v) is 10.5. The van der Waals surface area contributed by atoms with Gasteiger partial charge in [0.2, 0.25) is 11.8 Å². The maximum absolute atomic E-state index is 12.5. The third-order valence-corrected chi connectivity index (χ3v) is 6.01. The molecule has 0 radical (unpaired) electrons. The molecule has 0 spiro atoms. The fourth-order valence-electron chi connectivity index (χ4n) is 3.44. The summed E-state index contributed by atoms with van der Waals surface area (Å²) in [6.45, 7) is 3.30. The van der Waals surface area contributed by atoms with E-state index in [1.54, 1.807) is 11.3 Å². The third kappa shape index (κ3) is 4.53. The molecule has 2 saturated heterocycles. The number of amides is 4. The number of nitrogens with zero attached hydrogens (tertiary/aromatic N) is 5. The lowest BCUT2D eigenvalue weighted by atomic mass is 10.2. The minimum atomic E-state index is -0.413. The van der Waals surface area contributed by atoms with Gasteiger partial charge in [-0.1, -0.05) is 6.07 Å². The van der Waals surface area contributed by atoms with Gasteiger partial charge in [-0.2, -0.15) is 0 Å². The number of hydrogen-bond acceptors (Lipinski definition) is 7. The third-order valence-electron chi connectivity index (χ3n) is 5.12. The van der Waals surface area contributed by atoms with E-state index in [4.69, 9.17) is 0 Å². The molecule has 4 heterocycles. The van der Waals surface area contributed by atoms with Crippen molar-refractivity contribution in [3.05, 3.63) is 29.6 Å². The number of carbonyl (C=O) groups is 3. The Labute approximate surface area is 172 Å². The van der Waals surface area contributed by atoms with Gasteiger partial charge in [-0.05, 0) is 23.6 Å². The fraction of sp³-hybridized carbons (Fsp3) is 0.421. The molecule has 2 aromatic heterocycles. The first-order valence-electron chi connectivity index (χ1n) is 9.59. The lowest BCUT2D eigenvalue weighted by molar-refractivity contribution is -0.131. The monoisotopic (exact) mass is 414 g/mol. The van der Waals surface area contributed by atoms with E-state index in [-0.39, 0.29) is 24.7 Å². The van der Waals surface area contributed by atoms with Crippen molar-refractivity contribution < 1.29 is 14.4 Å². The Balaban J connectivity index is 1.25. The summed E-state index contributed by atoms with van der Waals surface area (Å²) >= 11 is 1.63. The van der Waals surface area contributed by atoms with Crippen molar-refractivity contribution in [2.75, 3.05) is 44.2 Å². The molecule has 0 aromatic carbocycles. The Hall–Kier alpha value is -3.01. The lowest BCUT2D eigenvalue weighted by Gasteiger charge is -2.35. The van der Waals surface area contributed by atoms with E-state index in [2.05, 4.69) is 20.4 Å². The van der Waals surface area contributed by atoms with Crippen molar-refractivity contribution in [3.63, 3.8) is 0 Å². The van der Waals surface area contributed by atoms with Gasteiger partial charge in [0.05, 0.1) is 4.88 Å². The number of carbonyl (C=O) groups excluding carboxylic acids is 3. The van der Waals surface area contributed by atoms with Crippen molar-refractivity contribution in [1.29, 1.82) is 0 Å². The van der Waals surface area contributed by atoms with Crippen molar-refractivity contribution in [3.8, 4) is 10.6 Å². The Kier molecular flexibility index (Phi) is 5.70. The Morgan fingerprint density at radius 2 is 1.90 bits per heavy atom. The van der Waals surface area contributed by atoms with Crippen molar-refractivity contribution in [2.45, 2.75) is 12.8 Å². The topological polar surface area (TPSA) is 98.7 Å². The number of nitrogens with one attached hydrogen (secondary N) is 1. The highest BCUT2D eigenvalue weighted by atomic mass is 32.1. The zero-order chi connectivity index (χ0) is 20.2. The number of piperazine rings is 1. The zero-order valence-corrected chi connectivity index (χ0v) is 16.7. The number of anilines is 1. The highest BCUT2D eigenvalue weighted by molar-refractivity contribution is 7.13. The first-order chi connectivity index (χ1) is 14.1.